The molecule has 0 saturated heterocycles. The van der Waals surface area contributed by atoms with E-state index in [0.29, 0.717) is 17.1 Å². The van der Waals surface area contributed by atoms with Crippen molar-refractivity contribution in [3.63, 3.8) is 0 Å². The van der Waals surface area contributed by atoms with Gasteiger partial charge in [-0.05, 0) is 36.4 Å². The number of ether oxygens (including phenoxy) is 1. The van der Waals surface area contributed by atoms with Crippen molar-refractivity contribution >= 4 is 5.69 Å². The number of anilines is 1. The number of nitrogens with two attached hydrogens (primary N) is 1. The van der Waals surface area contributed by atoms with Gasteiger partial charge in [-0.2, -0.15) is 13.2 Å². The van der Waals surface area contributed by atoms with E-state index in [1.165, 1.54) is 18.3 Å². The minimum atomic E-state index is -4.40. The molecule has 0 aliphatic rings. The highest BCUT2D eigenvalue weighted by Crippen LogP contribution is 2.33. The number of hydrogen-bond donors (Lipinski definition) is 1. The molecule has 2 heterocycles. The van der Waals surface area contributed by atoms with Gasteiger partial charge in [-0.15, -0.1) is 0 Å². The Kier molecular flexibility index (Phi) is 4.03. The fraction of sp³-hybridized carbons (Fsp3) is 0.0625. The number of aromatic nitrogens is 3. The van der Waals surface area contributed by atoms with Crippen molar-refractivity contribution in [3.8, 4) is 23.0 Å². The molecule has 0 amide bonds. The van der Waals surface area contributed by atoms with E-state index < -0.39 is 11.7 Å². The van der Waals surface area contributed by atoms with E-state index in [9.17, 15) is 13.2 Å². The van der Waals surface area contributed by atoms with Crippen molar-refractivity contribution in [2.75, 3.05) is 5.73 Å². The summed E-state index contributed by atoms with van der Waals surface area (Å²) in [5, 5.41) is 0. The van der Waals surface area contributed by atoms with Gasteiger partial charge in [0.05, 0.1) is 23.0 Å². The second kappa shape index (κ2) is 6.15. The Labute approximate surface area is 135 Å². The summed E-state index contributed by atoms with van der Waals surface area (Å²) in [7, 11) is 0. The molecular weight excluding hydrogens is 321 g/mol. The highest BCUT2D eigenvalue weighted by molar-refractivity contribution is 5.66. The summed E-state index contributed by atoms with van der Waals surface area (Å²) in [5.41, 5.74) is 5.80. The Morgan fingerprint density at radius 2 is 1.62 bits per heavy atom. The van der Waals surface area contributed by atoms with Crippen molar-refractivity contribution in [2.45, 2.75) is 6.18 Å². The van der Waals surface area contributed by atoms with Crippen molar-refractivity contribution < 1.29 is 17.9 Å². The Hall–Kier alpha value is -3.16. The molecule has 0 aliphatic carbocycles. The fourth-order valence-electron chi connectivity index (χ4n) is 1.97. The summed E-state index contributed by atoms with van der Waals surface area (Å²) in [4.78, 5) is 12.3. The molecular formula is C16H11F3N4O. The molecule has 0 aliphatic heterocycles. The Morgan fingerprint density at radius 3 is 2.25 bits per heavy atom. The quantitative estimate of drug-likeness (QED) is 0.786. The Morgan fingerprint density at radius 1 is 0.958 bits per heavy atom. The molecule has 2 N–H and O–H groups in total. The van der Waals surface area contributed by atoms with Crippen LogP contribution < -0.4 is 10.5 Å². The van der Waals surface area contributed by atoms with Crippen molar-refractivity contribution in [2.24, 2.45) is 0 Å². The number of pyridine rings is 1. The number of rotatable bonds is 3. The first-order valence-corrected chi connectivity index (χ1v) is 6.81. The molecule has 3 aromatic rings. The fourth-order valence-corrected chi connectivity index (χ4v) is 1.97. The van der Waals surface area contributed by atoms with E-state index in [0.717, 1.165) is 12.1 Å². The van der Waals surface area contributed by atoms with Crippen LogP contribution in [-0.2, 0) is 6.18 Å². The summed E-state index contributed by atoms with van der Waals surface area (Å²) >= 11 is 0. The van der Waals surface area contributed by atoms with Crippen LogP contribution in [0.2, 0.25) is 0 Å². The van der Waals surface area contributed by atoms with Crippen molar-refractivity contribution in [1.82, 2.24) is 15.0 Å². The Bertz CT molecular complexity index is 836. The maximum atomic E-state index is 12.6. The number of alkyl halides is 3. The van der Waals surface area contributed by atoms with E-state index in [2.05, 4.69) is 15.0 Å². The van der Waals surface area contributed by atoms with Gasteiger partial charge in [0, 0.05) is 12.4 Å². The summed E-state index contributed by atoms with van der Waals surface area (Å²) < 4.78 is 43.4. The van der Waals surface area contributed by atoms with Gasteiger partial charge < -0.3 is 10.5 Å². The molecule has 3 rings (SSSR count). The normalized spacial score (nSPS) is 11.3. The van der Waals surface area contributed by atoms with Gasteiger partial charge in [-0.25, -0.2) is 15.0 Å². The largest absolute Gasteiger partial charge is 0.438 e. The van der Waals surface area contributed by atoms with Gasteiger partial charge in [0.25, 0.3) is 0 Å². The summed E-state index contributed by atoms with van der Waals surface area (Å²) in [5.74, 6) is 0.701. The van der Waals surface area contributed by atoms with Gasteiger partial charge >= 0.3 is 6.18 Å². The van der Waals surface area contributed by atoms with E-state index in [4.69, 9.17) is 10.5 Å². The van der Waals surface area contributed by atoms with E-state index >= 15 is 0 Å². The number of halogens is 3. The van der Waals surface area contributed by atoms with Crippen LogP contribution in [0.4, 0.5) is 18.9 Å². The molecule has 0 spiro atoms. The number of hydrogen-bond acceptors (Lipinski definition) is 5. The SMILES string of the molecule is Nc1cnc(Oc2ccc(C(F)(F)F)cc2)c(-c2ncccn2)c1. The molecule has 0 fully saturated rings. The van der Waals surface area contributed by atoms with E-state index in [1.54, 1.807) is 24.5 Å². The van der Waals surface area contributed by atoms with E-state index in [-0.39, 0.29) is 11.6 Å². The zero-order chi connectivity index (χ0) is 17.2. The predicted molar refractivity (Wildman–Crippen MR) is 81.2 cm³/mol. The number of nitrogens with zero attached hydrogens (tertiary/aromatic N) is 3. The van der Waals surface area contributed by atoms with Crippen LogP contribution >= 0.6 is 0 Å². The van der Waals surface area contributed by atoms with Crippen molar-refractivity contribution in [3.05, 3.63) is 60.6 Å². The lowest BCUT2D eigenvalue weighted by Crippen LogP contribution is -2.04. The minimum Gasteiger partial charge on any atom is -0.438 e. The first kappa shape index (κ1) is 15.7. The van der Waals surface area contributed by atoms with Crippen LogP contribution in [0.5, 0.6) is 11.6 Å². The lowest BCUT2D eigenvalue weighted by atomic mass is 10.2. The van der Waals surface area contributed by atoms with Crippen LogP contribution in [0.3, 0.4) is 0 Å². The Balaban J connectivity index is 1.93. The lowest BCUT2D eigenvalue weighted by Gasteiger charge is -2.11. The molecule has 0 unspecified atom stereocenters. The number of benzene rings is 1. The standard InChI is InChI=1S/C16H11F3N4O/c17-16(18,19)10-2-4-12(5-3-10)24-15-13(8-11(20)9-23-15)14-21-6-1-7-22-14/h1-9H,20H2. The van der Waals surface area contributed by atoms with Gasteiger partial charge in [-0.1, -0.05) is 0 Å². The highest BCUT2D eigenvalue weighted by atomic mass is 19.4. The molecule has 0 atom stereocenters. The summed E-state index contributed by atoms with van der Waals surface area (Å²) in [6, 6.07) is 7.55. The van der Waals surface area contributed by atoms with Crippen molar-refractivity contribution in [1.29, 1.82) is 0 Å². The molecule has 122 valence electrons. The van der Waals surface area contributed by atoms with Crippen LogP contribution in [0.15, 0.2) is 55.0 Å². The van der Waals surface area contributed by atoms with Crippen LogP contribution in [0, 0.1) is 0 Å². The van der Waals surface area contributed by atoms with Crippen LogP contribution in [0.1, 0.15) is 5.56 Å². The third-order valence-corrected chi connectivity index (χ3v) is 3.08. The molecule has 2 aromatic heterocycles. The first-order valence-electron chi connectivity index (χ1n) is 6.81. The van der Waals surface area contributed by atoms with Gasteiger partial charge in [0.1, 0.15) is 5.75 Å². The van der Waals surface area contributed by atoms with Crippen LogP contribution in [0.25, 0.3) is 11.4 Å². The zero-order valence-electron chi connectivity index (χ0n) is 12.2. The average molecular weight is 332 g/mol. The maximum absolute atomic E-state index is 12.6. The monoisotopic (exact) mass is 332 g/mol. The summed E-state index contributed by atoms with van der Waals surface area (Å²) in [6.45, 7) is 0. The molecule has 0 radical (unpaired) electrons. The average Bonchev–Trinajstić information content (AvgIpc) is 2.57. The third kappa shape index (κ3) is 3.43. The van der Waals surface area contributed by atoms with Gasteiger partial charge in [-0.3, -0.25) is 0 Å². The topological polar surface area (TPSA) is 73.9 Å². The maximum Gasteiger partial charge on any atom is 0.416 e. The van der Waals surface area contributed by atoms with Crippen LogP contribution in [-0.4, -0.2) is 15.0 Å². The first-order chi connectivity index (χ1) is 11.4. The predicted octanol–water partition coefficient (Wildman–Crippen LogP) is 3.93. The number of nitrogen functional groups attached to an aromatic ring is 1. The molecule has 0 saturated carbocycles. The van der Waals surface area contributed by atoms with E-state index in [1.807, 2.05) is 0 Å². The smallest absolute Gasteiger partial charge is 0.416 e. The minimum absolute atomic E-state index is 0.148. The third-order valence-electron chi connectivity index (χ3n) is 3.08. The lowest BCUT2D eigenvalue weighted by molar-refractivity contribution is -0.137. The molecule has 24 heavy (non-hydrogen) atoms. The van der Waals surface area contributed by atoms with Gasteiger partial charge in [0.15, 0.2) is 5.82 Å². The van der Waals surface area contributed by atoms with Gasteiger partial charge in [0.2, 0.25) is 5.88 Å². The molecule has 5 nitrogen and oxygen atoms in total. The second-order valence-corrected chi connectivity index (χ2v) is 4.82. The molecule has 1 aromatic carbocycles. The second-order valence-electron chi connectivity index (χ2n) is 4.82. The highest BCUT2D eigenvalue weighted by Gasteiger charge is 2.30. The molecule has 0 bridgehead atoms. The zero-order valence-corrected chi connectivity index (χ0v) is 12.2. The summed E-state index contributed by atoms with van der Waals surface area (Å²) in [6.07, 6.45) is 0.0771. The molecule has 8 heteroatoms.